The zero-order chi connectivity index (χ0) is 44.3. The summed E-state index contributed by atoms with van der Waals surface area (Å²) in [5, 5.41) is 15.9. The van der Waals surface area contributed by atoms with E-state index in [-0.39, 0.29) is 81.4 Å². The average Bonchev–Trinajstić information content (AvgIpc) is 3.70. The molecule has 2 aliphatic rings. The molecule has 2 aromatic rings. The summed E-state index contributed by atoms with van der Waals surface area (Å²) in [6, 6.07) is 0. The Kier molecular flexibility index (Phi) is 18.1. The van der Waals surface area contributed by atoms with Crippen molar-refractivity contribution in [3.05, 3.63) is 43.7 Å². The van der Waals surface area contributed by atoms with Gasteiger partial charge in [-0.25, -0.2) is 0 Å². The number of ether oxygens (including phenoxy) is 5. The van der Waals surface area contributed by atoms with E-state index < -0.39 is 71.3 Å². The Labute approximate surface area is 420 Å². The van der Waals surface area contributed by atoms with E-state index in [2.05, 4.69) is 31.9 Å². The van der Waals surface area contributed by atoms with Gasteiger partial charge in [-0.05, 0) is 163 Å². The molecule has 322 valence electrons. The first-order valence-electron chi connectivity index (χ1n) is 17.3. The summed E-state index contributed by atoms with van der Waals surface area (Å²) < 4.78 is 29.5. The predicted molar refractivity (Wildman–Crippen MR) is 263 cm³/mol. The molecule has 2 fully saturated rings. The maximum absolute atomic E-state index is 14.1. The van der Waals surface area contributed by atoms with Crippen LogP contribution in [0.1, 0.15) is 76.1 Å². The Balaban J connectivity index is 1.71. The highest BCUT2D eigenvalue weighted by Gasteiger charge is 2.38. The third-order valence-corrected chi connectivity index (χ3v) is 14.8. The smallest absolute Gasteiger partial charge is 0.303 e. The zero-order valence-electron chi connectivity index (χ0n) is 32.2. The van der Waals surface area contributed by atoms with Crippen LogP contribution in [0.25, 0.3) is 0 Å². The molecular weight excluding hydrogens is 1460 g/mol. The lowest BCUT2D eigenvalue weighted by Crippen LogP contribution is -2.43. The van der Waals surface area contributed by atoms with Crippen molar-refractivity contribution in [1.29, 1.82) is 0 Å². The molecule has 0 aliphatic carbocycles. The lowest BCUT2D eigenvalue weighted by Gasteiger charge is -2.23. The number of amides is 6. The van der Waals surface area contributed by atoms with Gasteiger partial charge in [0.25, 0.3) is 41.5 Å². The van der Waals surface area contributed by atoms with Crippen LogP contribution in [-0.2, 0) is 38.1 Å². The molecule has 0 radical (unpaired) electrons. The van der Waals surface area contributed by atoms with Crippen LogP contribution in [0, 0.1) is 21.4 Å². The van der Waals surface area contributed by atoms with Crippen LogP contribution >= 0.6 is 136 Å². The Morgan fingerprint density at radius 3 is 1.19 bits per heavy atom. The van der Waals surface area contributed by atoms with Crippen molar-refractivity contribution in [1.82, 2.24) is 21.3 Å². The fraction of sp³-hybridized carbons (Fsp3) is 0.457. The summed E-state index contributed by atoms with van der Waals surface area (Å²) >= 11 is 11.2. The van der Waals surface area contributed by atoms with Gasteiger partial charge in [0.15, 0.2) is 11.6 Å². The Morgan fingerprint density at radius 1 is 0.593 bits per heavy atom. The van der Waals surface area contributed by atoms with E-state index in [0.717, 1.165) is 6.92 Å². The van der Waals surface area contributed by atoms with Gasteiger partial charge < -0.3 is 55.6 Å². The van der Waals surface area contributed by atoms with Crippen molar-refractivity contribution in [2.75, 3.05) is 51.0 Å². The van der Waals surface area contributed by atoms with Crippen LogP contribution in [0.5, 0.6) is 0 Å². The highest BCUT2D eigenvalue weighted by Crippen LogP contribution is 2.38. The minimum absolute atomic E-state index is 0.00813. The molecule has 59 heavy (non-hydrogen) atoms. The molecule has 0 spiro atoms. The first-order chi connectivity index (χ1) is 27.4. The molecule has 0 aromatic heterocycles. The van der Waals surface area contributed by atoms with Gasteiger partial charge >= 0.3 is 5.97 Å². The van der Waals surface area contributed by atoms with Gasteiger partial charge in [-0.1, -0.05) is 0 Å². The van der Waals surface area contributed by atoms with E-state index in [1.54, 1.807) is 27.7 Å². The van der Waals surface area contributed by atoms with Gasteiger partial charge in [0.05, 0.1) is 61.1 Å². The predicted octanol–water partition coefficient (Wildman–Crippen LogP) is 4.30. The van der Waals surface area contributed by atoms with Crippen LogP contribution in [0.2, 0.25) is 0 Å². The molecular formula is C35H38I6N6O12. The molecule has 6 amide bonds. The number of halogens is 6. The van der Waals surface area contributed by atoms with Gasteiger partial charge in [-0.2, -0.15) is 0 Å². The molecule has 2 atom stereocenters. The van der Waals surface area contributed by atoms with E-state index in [0.29, 0.717) is 0 Å². The number of carbonyl (C=O) groups is 7. The standard InChI is InChI=1S/C35H38I6N6O12/c1-12(48)57-27(32(53)46-25-21(38)15(28(49)42-6)19(36)17(23(25)40)30(51)44-8-13-10-55-34(2,3)58-13)33(54)47-26-22(39)16(29(50)43-7)20(37)18(24(26)41)31(52)45-9-14-11-56-35(4,5)59-14/h13-14,27H,8-11H2,1-7H3,(H,42,49)(H,43,50)(H,44,51)(H,45,52)(H,46,53)(H,47,54). The summed E-state index contributed by atoms with van der Waals surface area (Å²) in [5.74, 6) is -7.20. The molecule has 2 unspecified atom stereocenters. The monoisotopic (exact) mass is 1500 g/mol. The number of hydrogen-bond donors (Lipinski definition) is 6. The fourth-order valence-corrected chi connectivity index (χ4v) is 14.5. The number of nitrogens with one attached hydrogen (secondary N) is 6. The van der Waals surface area contributed by atoms with E-state index in [9.17, 15) is 33.6 Å². The second-order valence-electron chi connectivity index (χ2n) is 13.6. The van der Waals surface area contributed by atoms with Crippen molar-refractivity contribution in [3.63, 3.8) is 0 Å². The number of rotatable bonds is 13. The highest BCUT2D eigenvalue weighted by molar-refractivity contribution is 14.1. The summed E-state index contributed by atoms with van der Waals surface area (Å²) in [7, 11) is 2.81. The average molecular weight is 1500 g/mol. The summed E-state index contributed by atoms with van der Waals surface area (Å²) in [6.45, 7) is 8.64. The third-order valence-electron chi connectivity index (χ3n) is 8.37. The van der Waals surface area contributed by atoms with Gasteiger partial charge in [-0.15, -0.1) is 0 Å². The molecule has 0 bridgehead atoms. The summed E-state index contributed by atoms with van der Waals surface area (Å²) in [4.78, 5) is 94.4. The van der Waals surface area contributed by atoms with Crippen LogP contribution in [0.15, 0.2) is 0 Å². The SMILES string of the molecule is CNC(=O)c1c(I)c(NC(=O)C(OC(C)=O)C(=O)Nc2c(I)c(C(=O)NC)c(I)c(C(=O)NCC3COC(C)(C)O3)c2I)c(I)c(C(=O)NCC2COC(C)(C)O2)c1I. The molecule has 0 saturated carbocycles. The fourth-order valence-electron chi connectivity index (χ4n) is 5.68. The first-order valence-corrected chi connectivity index (χ1v) is 23.8. The zero-order valence-corrected chi connectivity index (χ0v) is 45.2. The largest absolute Gasteiger partial charge is 0.442 e. The van der Waals surface area contributed by atoms with Crippen LogP contribution < -0.4 is 31.9 Å². The van der Waals surface area contributed by atoms with Crippen molar-refractivity contribution < 1.29 is 57.2 Å². The molecule has 4 rings (SSSR count). The van der Waals surface area contributed by atoms with Crippen molar-refractivity contribution in [3.8, 4) is 0 Å². The topological polar surface area (TPSA) is 238 Å². The van der Waals surface area contributed by atoms with Crippen LogP contribution in [-0.4, -0.2) is 112 Å². The lowest BCUT2D eigenvalue weighted by atomic mass is 10.1. The van der Waals surface area contributed by atoms with Crippen molar-refractivity contribution >= 4 is 188 Å². The number of anilines is 2. The minimum atomic E-state index is -2.14. The highest BCUT2D eigenvalue weighted by atomic mass is 127. The number of hydrogen-bond acceptors (Lipinski definition) is 12. The number of benzene rings is 2. The second kappa shape index (κ2) is 21.1. The molecule has 24 heteroatoms. The van der Waals surface area contributed by atoms with E-state index in [1.165, 1.54) is 14.1 Å². The maximum atomic E-state index is 14.1. The third kappa shape index (κ3) is 12.2. The van der Waals surface area contributed by atoms with Gasteiger partial charge in [0, 0.05) is 41.2 Å². The van der Waals surface area contributed by atoms with E-state index in [4.69, 9.17) is 23.7 Å². The van der Waals surface area contributed by atoms with Gasteiger partial charge in [0.1, 0.15) is 12.2 Å². The van der Waals surface area contributed by atoms with Gasteiger partial charge in [0.2, 0.25) is 0 Å². The molecule has 2 heterocycles. The molecule has 2 aromatic carbocycles. The first kappa shape index (κ1) is 50.6. The molecule has 2 saturated heterocycles. The second-order valence-corrected chi connectivity index (χ2v) is 20.1. The van der Waals surface area contributed by atoms with E-state index in [1.807, 2.05) is 136 Å². The number of esters is 1. The molecule has 2 aliphatic heterocycles. The van der Waals surface area contributed by atoms with Crippen LogP contribution in [0.4, 0.5) is 11.4 Å². The molecule has 18 nitrogen and oxygen atoms in total. The lowest BCUT2D eigenvalue weighted by molar-refractivity contribution is -0.156. The minimum Gasteiger partial charge on any atom is -0.442 e. The normalized spacial score (nSPS) is 18.3. The quantitative estimate of drug-likeness (QED) is 0.0936. The Morgan fingerprint density at radius 2 is 0.915 bits per heavy atom. The summed E-state index contributed by atoms with van der Waals surface area (Å²) in [5.41, 5.74) is 0.223. The van der Waals surface area contributed by atoms with Gasteiger partial charge in [-0.3, -0.25) is 33.6 Å². The summed E-state index contributed by atoms with van der Waals surface area (Å²) in [6.07, 6.45) is -3.03. The molecule has 6 N–H and O–H groups in total. The number of carbonyl (C=O) groups excluding carboxylic acids is 7. The Bertz CT molecular complexity index is 1960. The van der Waals surface area contributed by atoms with Crippen LogP contribution in [0.3, 0.4) is 0 Å². The van der Waals surface area contributed by atoms with E-state index >= 15 is 0 Å². The van der Waals surface area contributed by atoms with Crippen molar-refractivity contribution in [2.45, 2.75) is 64.5 Å². The maximum Gasteiger partial charge on any atom is 0.303 e. The Hall–Kier alpha value is -1.05. The van der Waals surface area contributed by atoms with Crippen molar-refractivity contribution in [2.24, 2.45) is 0 Å².